The lowest BCUT2D eigenvalue weighted by Gasteiger charge is -2.07. The van der Waals surface area contributed by atoms with Gasteiger partial charge in [0.15, 0.2) is 0 Å². The molecule has 0 unspecified atom stereocenters. The average Bonchev–Trinajstić information content (AvgIpc) is 2.14. The number of aryl methyl sites for hydroxylation is 1. The number of nitrogens with zero attached hydrogens (tertiary/aromatic N) is 1. The Kier molecular flexibility index (Phi) is 3.26. The summed E-state index contributed by atoms with van der Waals surface area (Å²) in [7, 11) is 0. The average molecular weight is 193 g/mol. The van der Waals surface area contributed by atoms with Gasteiger partial charge in [-0.3, -0.25) is 4.79 Å². The number of hydrogen-bond donors (Lipinski definition) is 3. The molecule has 0 spiro atoms. The van der Waals surface area contributed by atoms with Crippen LogP contribution < -0.4 is 10.9 Å². The third-order valence-electron chi connectivity index (χ3n) is 1.77. The third kappa shape index (κ3) is 2.12. The number of H-pyrrole nitrogens is 1. The summed E-state index contributed by atoms with van der Waals surface area (Å²) in [6.07, 6.45) is 0. The highest BCUT2D eigenvalue weighted by atomic mass is 16.3. The number of aliphatic hydroxyl groups is 1. The van der Waals surface area contributed by atoms with Crippen LogP contribution in [0.4, 0.5) is 5.82 Å². The van der Waals surface area contributed by atoms with Crippen LogP contribution in [0.5, 0.6) is 0 Å². The SMILES string of the molecule is Cc1cc(=O)[nH]c(NCCO)c1C#N. The number of rotatable bonds is 3. The molecule has 0 aliphatic carbocycles. The molecule has 0 aliphatic rings. The van der Waals surface area contributed by atoms with Gasteiger partial charge in [0.1, 0.15) is 11.9 Å². The van der Waals surface area contributed by atoms with E-state index in [1.54, 1.807) is 6.92 Å². The highest BCUT2D eigenvalue weighted by molar-refractivity contribution is 5.55. The van der Waals surface area contributed by atoms with Crippen LogP contribution in [-0.2, 0) is 0 Å². The van der Waals surface area contributed by atoms with E-state index in [2.05, 4.69) is 10.3 Å². The number of aliphatic hydroxyl groups excluding tert-OH is 1. The number of aromatic nitrogens is 1. The van der Waals surface area contributed by atoms with Crippen LogP contribution in [0.2, 0.25) is 0 Å². The van der Waals surface area contributed by atoms with Crippen molar-refractivity contribution in [1.82, 2.24) is 4.98 Å². The molecule has 1 aromatic heterocycles. The number of nitriles is 1. The zero-order valence-electron chi connectivity index (χ0n) is 7.79. The molecule has 0 saturated heterocycles. The van der Waals surface area contributed by atoms with Crippen molar-refractivity contribution in [2.24, 2.45) is 0 Å². The van der Waals surface area contributed by atoms with Gasteiger partial charge >= 0.3 is 0 Å². The molecule has 0 radical (unpaired) electrons. The molecule has 3 N–H and O–H groups in total. The maximum absolute atomic E-state index is 11.1. The lowest BCUT2D eigenvalue weighted by molar-refractivity contribution is 0.311. The first kappa shape index (κ1) is 10.3. The second-order valence-electron chi connectivity index (χ2n) is 2.83. The fourth-order valence-corrected chi connectivity index (χ4v) is 1.15. The Morgan fingerprint density at radius 1 is 1.71 bits per heavy atom. The first-order valence-corrected chi connectivity index (χ1v) is 4.17. The molecule has 0 aromatic carbocycles. The van der Waals surface area contributed by atoms with Crippen molar-refractivity contribution in [3.05, 3.63) is 27.5 Å². The number of hydrogen-bond acceptors (Lipinski definition) is 4. The Bertz CT molecular complexity index is 417. The van der Waals surface area contributed by atoms with Crippen LogP contribution in [0, 0.1) is 18.3 Å². The summed E-state index contributed by atoms with van der Waals surface area (Å²) < 4.78 is 0. The lowest BCUT2D eigenvalue weighted by atomic mass is 10.1. The van der Waals surface area contributed by atoms with Gasteiger partial charge < -0.3 is 15.4 Å². The molecule has 0 bridgehead atoms. The summed E-state index contributed by atoms with van der Waals surface area (Å²) in [5.41, 5.74) is 0.761. The summed E-state index contributed by atoms with van der Waals surface area (Å²) in [5, 5.41) is 20.2. The van der Waals surface area contributed by atoms with Gasteiger partial charge in [-0.25, -0.2) is 0 Å². The molecular formula is C9H11N3O2. The first-order chi connectivity index (χ1) is 6.69. The molecule has 1 rings (SSSR count). The summed E-state index contributed by atoms with van der Waals surface area (Å²) in [6, 6.07) is 3.35. The monoisotopic (exact) mass is 193 g/mol. The largest absolute Gasteiger partial charge is 0.395 e. The van der Waals surface area contributed by atoms with E-state index in [1.165, 1.54) is 6.07 Å². The van der Waals surface area contributed by atoms with Crippen LogP contribution in [0.25, 0.3) is 0 Å². The smallest absolute Gasteiger partial charge is 0.249 e. The van der Waals surface area contributed by atoms with Crippen molar-refractivity contribution in [2.45, 2.75) is 6.92 Å². The van der Waals surface area contributed by atoms with Crippen LogP contribution in [0.15, 0.2) is 10.9 Å². The summed E-state index contributed by atoms with van der Waals surface area (Å²) in [6.45, 7) is 1.94. The van der Waals surface area contributed by atoms with Crippen molar-refractivity contribution in [1.29, 1.82) is 5.26 Å². The fraction of sp³-hybridized carbons (Fsp3) is 0.333. The zero-order valence-corrected chi connectivity index (χ0v) is 7.79. The predicted octanol–water partition coefficient (Wildman–Crippen LogP) is -0.0408. The minimum Gasteiger partial charge on any atom is -0.395 e. The van der Waals surface area contributed by atoms with Crippen molar-refractivity contribution in [2.75, 3.05) is 18.5 Å². The zero-order chi connectivity index (χ0) is 10.6. The van der Waals surface area contributed by atoms with Crippen molar-refractivity contribution in [3.63, 3.8) is 0 Å². The lowest BCUT2D eigenvalue weighted by Crippen LogP contribution is -2.15. The molecule has 5 nitrogen and oxygen atoms in total. The molecule has 5 heteroatoms. The fourth-order valence-electron chi connectivity index (χ4n) is 1.15. The summed E-state index contributed by atoms with van der Waals surface area (Å²) in [5.74, 6) is 0.367. The van der Waals surface area contributed by atoms with Gasteiger partial charge in [0.25, 0.3) is 0 Å². The molecule has 0 atom stereocenters. The molecule has 0 fully saturated rings. The predicted molar refractivity (Wildman–Crippen MR) is 52.1 cm³/mol. The molecule has 0 saturated carbocycles. The Morgan fingerprint density at radius 3 is 3.00 bits per heavy atom. The van der Waals surface area contributed by atoms with Crippen molar-refractivity contribution < 1.29 is 5.11 Å². The van der Waals surface area contributed by atoms with Crippen LogP contribution in [0.3, 0.4) is 0 Å². The van der Waals surface area contributed by atoms with Gasteiger partial charge in [-0.05, 0) is 12.5 Å². The highest BCUT2D eigenvalue weighted by Gasteiger charge is 2.05. The molecule has 1 heterocycles. The second kappa shape index (κ2) is 4.44. The Labute approximate surface area is 81.0 Å². The first-order valence-electron chi connectivity index (χ1n) is 4.17. The van der Waals surface area contributed by atoms with Gasteiger partial charge in [-0.15, -0.1) is 0 Å². The van der Waals surface area contributed by atoms with E-state index >= 15 is 0 Å². The quantitative estimate of drug-likeness (QED) is 0.628. The topological polar surface area (TPSA) is 88.9 Å². The van der Waals surface area contributed by atoms with Gasteiger partial charge in [0.2, 0.25) is 5.56 Å². The van der Waals surface area contributed by atoms with E-state index < -0.39 is 0 Å². The minimum absolute atomic E-state index is 0.0547. The van der Waals surface area contributed by atoms with E-state index in [1.807, 2.05) is 6.07 Å². The normalized spacial score (nSPS) is 9.50. The van der Waals surface area contributed by atoms with Crippen molar-refractivity contribution in [3.8, 4) is 6.07 Å². The van der Waals surface area contributed by atoms with E-state index in [-0.39, 0.29) is 12.2 Å². The van der Waals surface area contributed by atoms with Crippen LogP contribution >= 0.6 is 0 Å². The Morgan fingerprint density at radius 2 is 2.43 bits per heavy atom. The number of anilines is 1. The van der Waals surface area contributed by atoms with E-state index in [0.717, 1.165) is 0 Å². The van der Waals surface area contributed by atoms with Gasteiger partial charge in [-0.1, -0.05) is 0 Å². The van der Waals surface area contributed by atoms with E-state index in [4.69, 9.17) is 10.4 Å². The van der Waals surface area contributed by atoms with E-state index in [9.17, 15) is 4.79 Å². The van der Waals surface area contributed by atoms with Gasteiger partial charge in [0.05, 0.1) is 12.2 Å². The maximum Gasteiger partial charge on any atom is 0.249 e. The number of pyridine rings is 1. The number of aromatic amines is 1. The molecule has 0 amide bonds. The summed E-state index contributed by atoms with van der Waals surface area (Å²) >= 11 is 0. The second-order valence-corrected chi connectivity index (χ2v) is 2.83. The van der Waals surface area contributed by atoms with E-state index in [0.29, 0.717) is 23.5 Å². The standard InChI is InChI=1S/C9H11N3O2/c1-6-4-8(14)12-9(7(6)5-10)11-2-3-13/h4,13H,2-3H2,1H3,(H2,11,12,14). The van der Waals surface area contributed by atoms with Gasteiger partial charge in [0, 0.05) is 12.6 Å². The van der Waals surface area contributed by atoms with Gasteiger partial charge in [-0.2, -0.15) is 5.26 Å². The molecule has 74 valence electrons. The Hall–Kier alpha value is -1.80. The third-order valence-corrected chi connectivity index (χ3v) is 1.77. The molecule has 14 heavy (non-hydrogen) atoms. The summed E-state index contributed by atoms with van der Waals surface area (Å²) in [4.78, 5) is 13.6. The minimum atomic E-state index is -0.262. The highest BCUT2D eigenvalue weighted by Crippen LogP contribution is 2.12. The molecular weight excluding hydrogens is 182 g/mol. The van der Waals surface area contributed by atoms with Crippen LogP contribution in [0.1, 0.15) is 11.1 Å². The van der Waals surface area contributed by atoms with Crippen molar-refractivity contribution >= 4 is 5.82 Å². The maximum atomic E-state index is 11.1. The van der Waals surface area contributed by atoms with Crippen LogP contribution in [-0.4, -0.2) is 23.2 Å². The molecule has 0 aliphatic heterocycles. The number of nitrogens with one attached hydrogen (secondary N) is 2. The molecule has 1 aromatic rings. The Balaban J connectivity index is 3.13.